The van der Waals surface area contributed by atoms with Gasteiger partial charge in [-0.2, -0.15) is 15.3 Å². The molecule has 1 unspecified atom stereocenters. The van der Waals surface area contributed by atoms with E-state index in [0.29, 0.717) is 0 Å². The molecule has 2 heterocycles. The second-order valence-electron chi connectivity index (χ2n) is 4.10. The zero-order valence-corrected chi connectivity index (χ0v) is 10.4. The number of nitrogens with two attached hydrogens (primary N) is 1. The second-order valence-corrected chi connectivity index (χ2v) is 4.10. The number of nitrogens with zero attached hydrogens (tertiary/aromatic N) is 4. The lowest BCUT2D eigenvalue weighted by Gasteiger charge is -2.15. The maximum atomic E-state index is 6.28. The van der Waals surface area contributed by atoms with Gasteiger partial charge in [0.25, 0.3) is 0 Å². The molecular weight excluding hydrogens is 214 g/mol. The molecule has 2 N–H and O–H groups in total. The minimum atomic E-state index is -0.202. The highest BCUT2D eigenvalue weighted by Gasteiger charge is 2.17. The zero-order chi connectivity index (χ0) is 12.4. The van der Waals surface area contributed by atoms with Crippen LogP contribution in [0.15, 0.2) is 18.3 Å². The Balaban J connectivity index is 2.46. The molecule has 0 aliphatic rings. The van der Waals surface area contributed by atoms with Crippen LogP contribution in [0.5, 0.6) is 0 Å². The average Bonchev–Trinajstić information content (AvgIpc) is 2.74. The Morgan fingerprint density at radius 1 is 1.41 bits per heavy atom. The van der Waals surface area contributed by atoms with E-state index in [1.165, 1.54) is 0 Å². The van der Waals surface area contributed by atoms with Crippen LogP contribution in [0.1, 0.15) is 35.6 Å². The predicted octanol–water partition coefficient (Wildman–Crippen LogP) is 1.13. The molecule has 0 radical (unpaired) electrons. The van der Waals surface area contributed by atoms with Crippen molar-refractivity contribution in [2.45, 2.75) is 26.3 Å². The Kier molecular flexibility index (Phi) is 3.19. The van der Waals surface area contributed by atoms with E-state index < -0.39 is 0 Å². The molecule has 0 saturated heterocycles. The van der Waals surface area contributed by atoms with Crippen molar-refractivity contribution in [3.05, 3.63) is 41.0 Å². The van der Waals surface area contributed by atoms with Gasteiger partial charge in [-0.25, -0.2) is 0 Å². The number of rotatable bonds is 3. The largest absolute Gasteiger partial charge is 0.319 e. The van der Waals surface area contributed by atoms with Crippen LogP contribution in [-0.4, -0.2) is 20.0 Å². The molecule has 2 aromatic heterocycles. The molecule has 2 rings (SSSR count). The van der Waals surface area contributed by atoms with Crippen LogP contribution in [0.2, 0.25) is 0 Å². The molecule has 0 aliphatic heterocycles. The molecular formula is C12H17N5. The molecule has 5 nitrogen and oxygen atoms in total. The van der Waals surface area contributed by atoms with E-state index in [0.717, 1.165) is 29.1 Å². The number of hydrogen-bond donors (Lipinski definition) is 1. The lowest BCUT2D eigenvalue weighted by molar-refractivity contribution is 0.663. The van der Waals surface area contributed by atoms with Crippen molar-refractivity contribution in [3.63, 3.8) is 0 Å². The highest BCUT2D eigenvalue weighted by Crippen LogP contribution is 2.21. The minimum Gasteiger partial charge on any atom is -0.319 e. The molecule has 90 valence electrons. The molecule has 0 aromatic carbocycles. The SMILES string of the molecule is CCc1nnc(C)cc1C(N)c1ccnn1C. The lowest BCUT2D eigenvalue weighted by atomic mass is 10.0. The first-order chi connectivity index (χ1) is 8.13. The number of aryl methyl sites for hydroxylation is 3. The van der Waals surface area contributed by atoms with Crippen molar-refractivity contribution in [2.24, 2.45) is 12.8 Å². The molecule has 5 heteroatoms. The lowest BCUT2D eigenvalue weighted by Crippen LogP contribution is -2.19. The fourth-order valence-electron chi connectivity index (χ4n) is 1.93. The summed E-state index contributed by atoms with van der Waals surface area (Å²) < 4.78 is 1.79. The van der Waals surface area contributed by atoms with E-state index in [9.17, 15) is 0 Å². The van der Waals surface area contributed by atoms with Crippen molar-refractivity contribution >= 4 is 0 Å². The number of aromatic nitrogens is 4. The van der Waals surface area contributed by atoms with E-state index in [1.54, 1.807) is 10.9 Å². The third-order valence-corrected chi connectivity index (χ3v) is 2.87. The summed E-state index contributed by atoms with van der Waals surface area (Å²) in [6.07, 6.45) is 2.58. The van der Waals surface area contributed by atoms with Gasteiger partial charge in [0.15, 0.2) is 0 Å². The minimum absolute atomic E-state index is 0.202. The van der Waals surface area contributed by atoms with Crippen molar-refractivity contribution in [1.82, 2.24) is 20.0 Å². The Morgan fingerprint density at radius 2 is 2.18 bits per heavy atom. The van der Waals surface area contributed by atoms with Gasteiger partial charge in [0, 0.05) is 18.8 Å². The average molecular weight is 231 g/mol. The van der Waals surface area contributed by atoms with E-state index >= 15 is 0 Å². The van der Waals surface area contributed by atoms with Gasteiger partial charge < -0.3 is 5.73 Å². The molecule has 1 atom stereocenters. The molecule has 2 aromatic rings. The maximum absolute atomic E-state index is 6.28. The maximum Gasteiger partial charge on any atom is 0.0742 e. The molecule has 0 fully saturated rings. The van der Waals surface area contributed by atoms with Crippen LogP contribution in [0.25, 0.3) is 0 Å². The van der Waals surface area contributed by atoms with E-state index in [2.05, 4.69) is 22.2 Å². The Bertz CT molecular complexity index is 517. The van der Waals surface area contributed by atoms with Gasteiger partial charge in [-0.1, -0.05) is 6.92 Å². The summed E-state index contributed by atoms with van der Waals surface area (Å²) in [5, 5.41) is 12.4. The van der Waals surface area contributed by atoms with Crippen molar-refractivity contribution < 1.29 is 0 Å². The second kappa shape index (κ2) is 4.63. The monoisotopic (exact) mass is 231 g/mol. The van der Waals surface area contributed by atoms with Gasteiger partial charge in [0.1, 0.15) is 0 Å². The molecule has 17 heavy (non-hydrogen) atoms. The summed E-state index contributed by atoms with van der Waals surface area (Å²) in [5.74, 6) is 0. The topological polar surface area (TPSA) is 69.6 Å². The van der Waals surface area contributed by atoms with Gasteiger partial charge >= 0.3 is 0 Å². The van der Waals surface area contributed by atoms with E-state index in [1.807, 2.05) is 26.1 Å². The smallest absolute Gasteiger partial charge is 0.0742 e. The summed E-state index contributed by atoms with van der Waals surface area (Å²) in [5.41, 5.74) is 10.1. The summed E-state index contributed by atoms with van der Waals surface area (Å²) in [6, 6.07) is 3.73. The van der Waals surface area contributed by atoms with Crippen LogP contribution in [-0.2, 0) is 13.5 Å². The normalized spacial score (nSPS) is 12.7. The Hall–Kier alpha value is -1.75. The number of hydrogen-bond acceptors (Lipinski definition) is 4. The fourth-order valence-corrected chi connectivity index (χ4v) is 1.93. The summed E-state index contributed by atoms with van der Waals surface area (Å²) >= 11 is 0. The van der Waals surface area contributed by atoms with Crippen LogP contribution < -0.4 is 5.73 Å². The fraction of sp³-hybridized carbons (Fsp3) is 0.417. The van der Waals surface area contributed by atoms with Gasteiger partial charge in [-0.3, -0.25) is 4.68 Å². The van der Waals surface area contributed by atoms with E-state index in [4.69, 9.17) is 5.73 Å². The quantitative estimate of drug-likeness (QED) is 0.859. The first-order valence-electron chi connectivity index (χ1n) is 5.70. The molecule has 0 saturated carbocycles. The predicted molar refractivity (Wildman–Crippen MR) is 65.4 cm³/mol. The van der Waals surface area contributed by atoms with Gasteiger partial charge in [0.05, 0.1) is 23.1 Å². The summed E-state index contributed by atoms with van der Waals surface area (Å²) in [7, 11) is 1.89. The first kappa shape index (κ1) is 11.7. The van der Waals surface area contributed by atoms with Crippen molar-refractivity contribution in [1.29, 1.82) is 0 Å². The third kappa shape index (κ3) is 2.19. The van der Waals surface area contributed by atoms with Crippen molar-refractivity contribution in [2.75, 3.05) is 0 Å². The highest BCUT2D eigenvalue weighted by molar-refractivity contribution is 5.31. The zero-order valence-electron chi connectivity index (χ0n) is 10.4. The van der Waals surface area contributed by atoms with E-state index in [-0.39, 0.29) is 6.04 Å². The van der Waals surface area contributed by atoms with Crippen LogP contribution in [0.4, 0.5) is 0 Å². The van der Waals surface area contributed by atoms with Gasteiger partial charge in [-0.15, -0.1) is 0 Å². The molecule has 0 amide bonds. The van der Waals surface area contributed by atoms with Crippen LogP contribution in [0.3, 0.4) is 0 Å². The first-order valence-corrected chi connectivity index (χ1v) is 5.70. The molecule has 0 spiro atoms. The molecule has 0 bridgehead atoms. The van der Waals surface area contributed by atoms with Crippen molar-refractivity contribution in [3.8, 4) is 0 Å². The summed E-state index contributed by atoms with van der Waals surface area (Å²) in [4.78, 5) is 0. The molecule has 0 aliphatic carbocycles. The Morgan fingerprint density at radius 3 is 2.76 bits per heavy atom. The Labute approximate surface area is 101 Å². The third-order valence-electron chi connectivity index (χ3n) is 2.87. The van der Waals surface area contributed by atoms with Gasteiger partial charge in [-0.05, 0) is 25.5 Å². The van der Waals surface area contributed by atoms with Crippen LogP contribution in [0, 0.1) is 6.92 Å². The standard InChI is InChI=1S/C12H17N5/c1-4-10-9(7-8(2)15-16-10)12(13)11-5-6-14-17(11)3/h5-7,12H,4,13H2,1-3H3. The summed E-state index contributed by atoms with van der Waals surface area (Å²) in [6.45, 7) is 3.98. The van der Waals surface area contributed by atoms with Crippen LogP contribution >= 0.6 is 0 Å². The van der Waals surface area contributed by atoms with Gasteiger partial charge in [0.2, 0.25) is 0 Å². The highest BCUT2D eigenvalue weighted by atomic mass is 15.3.